The number of hydrogen-bond donors (Lipinski definition) is 0. The van der Waals surface area contributed by atoms with Crippen LogP contribution in [0.3, 0.4) is 0 Å². The lowest BCUT2D eigenvalue weighted by molar-refractivity contribution is -0.128. The molecule has 1 heterocycles. The maximum atomic E-state index is 13.1. The second-order valence-corrected chi connectivity index (χ2v) is 12.9. The molecule has 4 heteroatoms. The summed E-state index contributed by atoms with van der Waals surface area (Å²) in [5, 5.41) is 0. The molecule has 4 nitrogen and oxygen atoms in total. The number of nitrogens with zero attached hydrogens (tertiary/aromatic N) is 1. The number of aromatic nitrogens is 1. The van der Waals surface area contributed by atoms with Gasteiger partial charge in [0.05, 0.1) is 5.56 Å². The molecule has 9 atom stereocenters. The highest BCUT2D eigenvalue weighted by Crippen LogP contribution is 2.62. The molecule has 200 valence electrons. The van der Waals surface area contributed by atoms with Crippen LogP contribution in [0.2, 0.25) is 0 Å². The smallest absolute Gasteiger partial charge is 0.339 e. The van der Waals surface area contributed by atoms with Gasteiger partial charge >= 0.3 is 5.97 Å². The van der Waals surface area contributed by atoms with Crippen LogP contribution in [0.25, 0.3) is 0 Å². The van der Waals surface area contributed by atoms with Gasteiger partial charge in [-0.25, -0.2) is 4.79 Å². The summed E-state index contributed by atoms with van der Waals surface area (Å²) < 4.78 is 6.23. The standard InChI is InChI=1S/C32H49NO3/c1-6-9-24-10-7-11-25-15-16-32(5)28(22(3)34)13-14-29(32)30(25)27(19-21(2)18-24)23(4)36-31(35)26-12-8-17-33-20-26/h8,12,17,20-21,23-25,27-30H,6-7,9-11,13-16,18-19H2,1-5H3. The van der Waals surface area contributed by atoms with E-state index >= 15 is 0 Å². The van der Waals surface area contributed by atoms with Gasteiger partial charge in [-0.1, -0.05) is 52.9 Å². The number of ketones is 1. The van der Waals surface area contributed by atoms with E-state index in [9.17, 15) is 9.59 Å². The van der Waals surface area contributed by atoms with Crippen molar-refractivity contribution in [3.63, 3.8) is 0 Å². The van der Waals surface area contributed by atoms with E-state index in [-0.39, 0.29) is 23.4 Å². The minimum absolute atomic E-state index is 0.0937. The van der Waals surface area contributed by atoms with Crippen LogP contribution in [0.5, 0.6) is 0 Å². The predicted octanol–water partition coefficient (Wildman–Crippen LogP) is 7.91. The molecule has 9 unspecified atom stereocenters. The third-order valence-electron chi connectivity index (χ3n) is 10.5. The fraction of sp³-hybridized carbons (Fsp3) is 0.781. The maximum absolute atomic E-state index is 13.1. The Kier molecular flexibility index (Phi) is 8.94. The fourth-order valence-corrected chi connectivity index (χ4v) is 8.98. The number of hydrogen-bond acceptors (Lipinski definition) is 4. The molecule has 1 aromatic rings. The van der Waals surface area contributed by atoms with E-state index in [4.69, 9.17) is 4.74 Å². The molecule has 1 aromatic heterocycles. The molecule has 36 heavy (non-hydrogen) atoms. The summed E-state index contributed by atoms with van der Waals surface area (Å²) in [7, 11) is 0. The summed E-state index contributed by atoms with van der Waals surface area (Å²) in [4.78, 5) is 29.9. The Labute approximate surface area is 219 Å². The molecule has 3 saturated carbocycles. The quantitative estimate of drug-likeness (QED) is 0.376. The van der Waals surface area contributed by atoms with Crippen molar-refractivity contribution in [2.24, 2.45) is 46.8 Å². The highest BCUT2D eigenvalue weighted by atomic mass is 16.5. The first kappa shape index (κ1) is 27.3. The Morgan fingerprint density at radius 2 is 1.97 bits per heavy atom. The number of pyridine rings is 1. The van der Waals surface area contributed by atoms with Crippen LogP contribution >= 0.6 is 0 Å². The van der Waals surface area contributed by atoms with Crippen LogP contribution in [0, 0.1) is 46.8 Å². The van der Waals surface area contributed by atoms with E-state index < -0.39 is 0 Å². The van der Waals surface area contributed by atoms with Crippen molar-refractivity contribution in [3.05, 3.63) is 30.1 Å². The Morgan fingerprint density at radius 3 is 2.67 bits per heavy atom. The van der Waals surface area contributed by atoms with E-state index in [0.717, 1.165) is 25.2 Å². The van der Waals surface area contributed by atoms with Gasteiger partial charge in [0, 0.05) is 18.3 Å². The van der Waals surface area contributed by atoms with Crippen molar-refractivity contribution >= 4 is 11.8 Å². The highest BCUT2D eigenvalue weighted by molar-refractivity contribution is 5.89. The topological polar surface area (TPSA) is 56.3 Å². The van der Waals surface area contributed by atoms with Crippen LogP contribution in [-0.2, 0) is 9.53 Å². The first-order valence-electron chi connectivity index (χ1n) is 14.9. The monoisotopic (exact) mass is 495 g/mol. The van der Waals surface area contributed by atoms with Crippen molar-refractivity contribution in [2.75, 3.05) is 0 Å². The van der Waals surface area contributed by atoms with Gasteiger partial charge in [-0.2, -0.15) is 0 Å². The zero-order valence-electron chi connectivity index (χ0n) is 23.4. The minimum Gasteiger partial charge on any atom is -0.459 e. The number of ether oxygens (including phenoxy) is 1. The largest absolute Gasteiger partial charge is 0.459 e. The van der Waals surface area contributed by atoms with Gasteiger partial charge in [-0.05, 0) is 105 Å². The minimum atomic E-state index is -0.257. The Bertz CT molecular complexity index is 885. The van der Waals surface area contributed by atoms with E-state index in [0.29, 0.717) is 40.9 Å². The lowest BCUT2D eigenvalue weighted by Gasteiger charge is -2.52. The van der Waals surface area contributed by atoms with Gasteiger partial charge < -0.3 is 4.74 Å². The summed E-state index contributed by atoms with van der Waals surface area (Å²) >= 11 is 0. The van der Waals surface area contributed by atoms with Crippen LogP contribution in [0.1, 0.15) is 116 Å². The maximum Gasteiger partial charge on any atom is 0.339 e. The SMILES string of the molecule is CCCC1CCCC2CCC3(C)C(C(C)=O)CCC3C2C(C(C)OC(=O)c2cccnc2)CC(C)C1. The van der Waals surface area contributed by atoms with Crippen molar-refractivity contribution in [1.29, 1.82) is 0 Å². The van der Waals surface area contributed by atoms with Gasteiger partial charge in [0.1, 0.15) is 11.9 Å². The third-order valence-corrected chi connectivity index (χ3v) is 10.5. The average molecular weight is 496 g/mol. The summed E-state index contributed by atoms with van der Waals surface area (Å²) in [5.74, 6) is 3.82. The van der Waals surface area contributed by atoms with Gasteiger partial charge in [0.15, 0.2) is 0 Å². The number of carbonyl (C=O) groups excluding carboxylic acids is 2. The number of carbonyl (C=O) groups is 2. The summed E-state index contributed by atoms with van der Waals surface area (Å²) in [6.45, 7) is 11.1. The van der Waals surface area contributed by atoms with Crippen LogP contribution in [0.4, 0.5) is 0 Å². The van der Waals surface area contributed by atoms with E-state index in [1.54, 1.807) is 24.5 Å². The van der Waals surface area contributed by atoms with Crippen LogP contribution in [0.15, 0.2) is 24.5 Å². The second kappa shape index (κ2) is 11.8. The molecular weight excluding hydrogens is 446 g/mol. The molecular formula is C32H49NO3. The molecule has 0 radical (unpaired) electrons. The van der Waals surface area contributed by atoms with Crippen LogP contribution < -0.4 is 0 Å². The van der Waals surface area contributed by atoms with Crippen molar-refractivity contribution in [3.8, 4) is 0 Å². The number of rotatable bonds is 6. The fourth-order valence-electron chi connectivity index (χ4n) is 8.98. The molecule has 0 bridgehead atoms. The lowest BCUT2D eigenvalue weighted by atomic mass is 9.52. The van der Waals surface area contributed by atoms with Crippen molar-refractivity contribution in [1.82, 2.24) is 4.98 Å². The number of fused-ring (bicyclic) bond motifs is 3. The zero-order chi connectivity index (χ0) is 25.9. The van der Waals surface area contributed by atoms with Crippen LogP contribution in [-0.4, -0.2) is 22.8 Å². The Morgan fingerprint density at radius 1 is 1.17 bits per heavy atom. The average Bonchev–Trinajstić information content (AvgIpc) is 3.20. The molecule has 0 saturated heterocycles. The van der Waals surface area contributed by atoms with Gasteiger partial charge in [-0.15, -0.1) is 0 Å². The van der Waals surface area contributed by atoms with E-state index in [1.807, 2.05) is 6.92 Å². The molecule has 3 aliphatic rings. The van der Waals surface area contributed by atoms with E-state index in [2.05, 4.69) is 32.7 Å². The first-order chi connectivity index (χ1) is 17.2. The molecule has 0 N–H and O–H groups in total. The van der Waals surface area contributed by atoms with Gasteiger partial charge in [0.25, 0.3) is 0 Å². The molecule has 0 spiro atoms. The normalized spacial score (nSPS) is 37.9. The molecule has 0 aromatic carbocycles. The molecule has 3 fully saturated rings. The van der Waals surface area contributed by atoms with Gasteiger partial charge in [-0.3, -0.25) is 9.78 Å². The first-order valence-corrected chi connectivity index (χ1v) is 14.9. The Balaban J connectivity index is 1.65. The summed E-state index contributed by atoms with van der Waals surface area (Å²) in [6, 6.07) is 3.59. The van der Waals surface area contributed by atoms with Crippen molar-refractivity contribution in [2.45, 2.75) is 111 Å². The lowest BCUT2D eigenvalue weighted by Crippen LogP contribution is -2.48. The zero-order valence-corrected chi connectivity index (χ0v) is 23.4. The van der Waals surface area contributed by atoms with E-state index in [1.165, 1.54) is 51.4 Å². The molecule has 4 rings (SSSR count). The third kappa shape index (κ3) is 5.73. The number of esters is 1. The summed E-state index contributed by atoms with van der Waals surface area (Å²) in [6.07, 6.45) is 16.7. The highest BCUT2D eigenvalue weighted by Gasteiger charge is 2.57. The summed E-state index contributed by atoms with van der Waals surface area (Å²) in [5.41, 5.74) is 0.624. The predicted molar refractivity (Wildman–Crippen MR) is 144 cm³/mol. The molecule has 3 aliphatic carbocycles. The van der Waals surface area contributed by atoms with Crippen molar-refractivity contribution < 1.29 is 14.3 Å². The second-order valence-electron chi connectivity index (χ2n) is 12.9. The molecule has 0 amide bonds. The Hall–Kier alpha value is -1.71. The molecule has 0 aliphatic heterocycles. The number of Topliss-reactive ketones (excluding diaryl/α,β-unsaturated/α-hetero) is 1. The van der Waals surface area contributed by atoms with Gasteiger partial charge in [0.2, 0.25) is 0 Å².